The van der Waals surface area contributed by atoms with Crippen LogP contribution >= 0.6 is 12.2 Å². The summed E-state index contributed by atoms with van der Waals surface area (Å²) in [5, 5.41) is -0.851. The quantitative estimate of drug-likeness (QED) is 0.775. The molecule has 0 aliphatic carbocycles. The van der Waals surface area contributed by atoms with Gasteiger partial charge in [0.05, 0.1) is 4.99 Å². The van der Waals surface area contributed by atoms with E-state index >= 15 is 0 Å². The summed E-state index contributed by atoms with van der Waals surface area (Å²) in [6, 6.07) is 9.72. The third-order valence-electron chi connectivity index (χ3n) is 2.83. The summed E-state index contributed by atoms with van der Waals surface area (Å²) in [6.45, 7) is 3.78. The zero-order valence-corrected chi connectivity index (χ0v) is 12.1. The third-order valence-corrected chi connectivity index (χ3v) is 5.08. The van der Waals surface area contributed by atoms with Gasteiger partial charge in [-0.2, -0.15) is 0 Å². The molecule has 0 aliphatic rings. The lowest BCUT2D eigenvalue weighted by molar-refractivity contribution is 0.572. The van der Waals surface area contributed by atoms with Crippen LogP contribution in [0.25, 0.3) is 0 Å². The number of sulfonamides is 1. The Balaban J connectivity index is 2.63. The lowest BCUT2D eigenvalue weighted by atomic mass is 10.0. The molecular weight excluding hydrogens is 268 g/mol. The summed E-state index contributed by atoms with van der Waals surface area (Å²) in [7, 11) is -3.48. The Bertz CT molecular complexity index is 500. The fourth-order valence-corrected chi connectivity index (χ4v) is 2.84. The van der Waals surface area contributed by atoms with Gasteiger partial charge in [0.25, 0.3) is 0 Å². The number of rotatable bonds is 6. The zero-order chi connectivity index (χ0) is 13.8. The highest BCUT2D eigenvalue weighted by Crippen LogP contribution is 2.13. The lowest BCUT2D eigenvalue weighted by Crippen LogP contribution is -2.41. The summed E-state index contributed by atoms with van der Waals surface area (Å²) in [4.78, 5) is -0.0186. The Kier molecular flexibility index (Phi) is 5.25. The highest BCUT2D eigenvalue weighted by Gasteiger charge is 2.23. The summed E-state index contributed by atoms with van der Waals surface area (Å²) >= 11 is 4.70. The van der Waals surface area contributed by atoms with Crippen LogP contribution in [-0.4, -0.2) is 25.2 Å². The molecule has 18 heavy (non-hydrogen) atoms. The molecule has 0 bridgehead atoms. The molecule has 0 saturated carbocycles. The van der Waals surface area contributed by atoms with Crippen LogP contribution < -0.4 is 10.5 Å². The molecule has 0 aliphatic heterocycles. The molecule has 4 nitrogen and oxygen atoms in total. The van der Waals surface area contributed by atoms with Gasteiger partial charge in [-0.25, -0.2) is 13.1 Å². The molecule has 2 atom stereocenters. The fourth-order valence-electron chi connectivity index (χ4n) is 1.42. The van der Waals surface area contributed by atoms with Gasteiger partial charge in [0.15, 0.2) is 0 Å². The van der Waals surface area contributed by atoms with Gasteiger partial charge in [-0.05, 0) is 18.4 Å². The molecule has 0 radical (unpaired) electrons. The first-order valence-corrected chi connectivity index (χ1v) is 7.63. The van der Waals surface area contributed by atoms with Gasteiger partial charge in [-0.1, -0.05) is 49.5 Å². The number of hydrogen-bond acceptors (Lipinski definition) is 3. The van der Waals surface area contributed by atoms with Gasteiger partial charge in [0.2, 0.25) is 10.0 Å². The van der Waals surface area contributed by atoms with Crippen molar-refractivity contribution in [1.29, 1.82) is 0 Å². The van der Waals surface area contributed by atoms with Gasteiger partial charge >= 0.3 is 0 Å². The maximum Gasteiger partial charge on any atom is 0.220 e. The van der Waals surface area contributed by atoms with Gasteiger partial charge < -0.3 is 5.73 Å². The SMILES string of the molecule is CC(CNS(=O)(=O)C(C)C(N)=S)c1ccccc1. The van der Waals surface area contributed by atoms with Gasteiger partial charge in [0, 0.05) is 6.54 Å². The Morgan fingerprint density at radius 3 is 2.39 bits per heavy atom. The van der Waals surface area contributed by atoms with Gasteiger partial charge in [-0.3, -0.25) is 0 Å². The average molecular weight is 286 g/mol. The van der Waals surface area contributed by atoms with E-state index in [0.717, 1.165) is 5.56 Å². The number of thiocarbonyl (C=S) groups is 1. The summed E-state index contributed by atoms with van der Waals surface area (Å²) in [5.74, 6) is 0.0968. The van der Waals surface area contributed by atoms with Crippen LogP contribution in [0.2, 0.25) is 0 Å². The van der Waals surface area contributed by atoms with Crippen molar-refractivity contribution in [1.82, 2.24) is 4.72 Å². The molecule has 0 amide bonds. The van der Waals surface area contributed by atoms with Crippen molar-refractivity contribution < 1.29 is 8.42 Å². The van der Waals surface area contributed by atoms with Crippen LogP contribution in [0.5, 0.6) is 0 Å². The lowest BCUT2D eigenvalue weighted by Gasteiger charge is -2.16. The number of nitrogens with two attached hydrogens (primary N) is 1. The molecule has 6 heteroatoms. The predicted molar refractivity (Wildman–Crippen MR) is 78.0 cm³/mol. The zero-order valence-electron chi connectivity index (χ0n) is 10.5. The Morgan fingerprint density at radius 2 is 1.89 bits per heavy atom. The fraction of sp³-hybridized carbons (Fsp3) is 0.417. The van der Waals surface area contributed by atoms with Crippen molar-refractivity contribution in [2.24, 2.45) is 5.73 Å². The molecule has 1 aromatic carbocycles. The molecule has 1 rings (SSSR count). The van der Waals surface area contributed by atoms with E-state index in [1.54, 1.807) is 0 Å². The highest BCUT2D eigenvalue weighted by molar-refractivity contribution is 7.93. The van der Waals surface area contributed by atoms with E-state index in [4.69, 9.17) is 18.0 Å². The minimum atomic E-state index is -3.48. The van der Waals surface area contributed by atoms with Crippen molar-refractivity contribution in [3.05, 3.63) is 35.9 Å². The normalized spacial score (nSPS) is 15.0. The minimum Gasteiger partial charge on any atom is -0.392 e. The maximum atomic E-state index is 11.8. The number of benzene rings is 1. The third kappa shape index (κ3) is 4.04. The number of nitrogens with one attached hydrogen (secondary N) is 1. The smallest absolute Gasteiger partial charge is 0.220 e. The van der Waals surface area contributed by atoms with E-state index in [1.165, 1.54) is 6.92 Å². The number of hydrogen-bond donors (Lipinski definition) is 2. The first kappa shape index (κ1) is 15.1. The Morgan fingerprint density at radius 1 is 1.33 bits per heavy atom. The van der Waals surface area contributed by atoms with Crippen molar-refractivity contribution in [2.45, 2.75) is 25.0 Å². The molecule has 2 unspecified atom stereocenters. The molecular formula is C12H18N2O2S2. The molecule has 0 fully saturated rings. The Labute approximate surface area is 114 Å². The van der Waals surface area contributed by atoms with Crippen LogP contribution in [-0.2, 0) is 10.0 Å². The van der Waals surface area contributed by atoms with E-state index in [2.05, 4.69) is 4.72 Å². The second kappa shape index (κ2) is 6.26. The molecule has 0 saturated heterocycles. The van der Waals surface area contributed by atoms with Crippen molar-refractivity contribution in [3.8, 4) is 0 Å². The van der Waals surface area contributed by atoms with Crippen LogP contribution in [0.4, 0.5) is 0 Å². The second-order valence-corrected chi connectivity index (χ2v) is 6.81. The minimum absolute atomic E-state index is 0.0186. The van der Waals surface area contributed by atoms with Crippen LogP contribution in [0, 0.1) is 0 Å². The van der Waals surface area contributed by atoms with Gasteiger partial charge in [0.1, 0.15) is 5.25 Å². The first-order valence-electron chi connectivity index (χ1n) is 5.67. The second-order valence-electron chi connectivity index (χ2n) is 4.25. The summed E-state index contributed by atoms with van der Waals surface area (Å²) in [6.07, 6.45) is 0. The first-order chi connectivity index (χ1) is 8.34. The monoisotopic (exact) mass is 286 g/mol. The van der Waals surface area contributed by atoms with E-state index in [1.807, 2.05) is 37.3 Å². The molecule has 0 spiro atoms. The van der Waals surface area contributed by atoms with Crippen LogP contribution in [0.15, 0.2) is 30.3 Å². The van der Waals surface area contributed by atoms with Crippen molar-refractivity contribution in [2.75, 3.05) is 6.54 Å². The molecule has 100 valence electrons. The summed E-state index contributed by atoms with van der Waals surface area (Å²) in [5.41, 5.74) is 6.44. The van der Waals surface area contributed by atoms with E-state index in [9.17, 15) is 8.42 Å². The largest absolute Gasteiger partial charge is 0.392 e. The van der Waals surface area contributed by atoms with E-state index < -0.39 is 15.3 Å². The molecule has 0 aromatic heterocycles. The van der Waals surface area contributed by atoms with Gasteiger partial charge in [-0.15, -0.1) is 0 Å². The van der Waals surface area contributed by atoms with E-state index in [0.29, 0.717) is 6.54 Å². The average Bonchev–Trinajstić information content (AvgIpc) is 2.36. The topological polar surface area (TPSA) is 72.2 Å². The molecule has 0 heterocycles. The molecule has 3 N–H and O–H groups in total. The van der Waals surface area contributed by atoms with Crippen LogP contribution in [0.3, 0.4) is 0 Å². The van der Waals surface area contributed by atoms with E-state index in [-0.39, 0.29) is 10.9 Å². The molecule has 1 aromatic rings. The van der Waals surface area contributed by atoms with Crippen LogP contribution in [0.1, 0.15) is 25.3 Å². The van der Waals surface area contributed by atoms with Crippen molar-refractivity contribution in [3.63, 3.8) is 0 Å². The predicted octanol–water partition coefficient (Wildman–Crippen LogP) is 1.38. The van der Waals surface area contributed by atoms with Crippen molar-refractivity contribution >= 4 is 27.2 Å². The summed E-state index contributed by atoms with van der Waals surface area (Å²) < 4.78 is 26.2. The maximum absolute atomic E-state index is 11.8. The highest BCUT2D eigenvalue weighted by atomic mass is 32.2. The standard InChI is InChI=1S/C12H18N2O2S2/c1-9(11-6-4-3-5-7-11)8-14-18(15,16)10(2)12(13)17/h3-7,9-10,14H,8H2,1-2H3,(H2,13,17). The Hall–Kier alpha value is -0.980.